The van der Waals surface area contributed by atoms with Crippen molar-refractivity contribution in [2.24, 2.45) is 0 Å². The number of likely N-dealkylation sites (tertiary alicyclic amines) is 1. The summed E-state index contributed by atoms with van der Waals surface area (Å²) in [6.07, 6.45) is 3.19. The molecule has 4 nitrogen and oxygen atoms in total. The second-order valence-electron chi connectivity index (χ2n) is 4.43. The zero-order valence-corrected chi connectivity index (χ0v) is 9.58. The summed E-state index contributed by atoms with van der Waals surface area (Å²) in [5.41, 5.74) is 0. The van der Waals surface area contributed by atoms with Crippen LogP contribution in [0.3, 0.4) is 0 Å². The molecule has 0 radical (unpaired) electrons. The van der Waals surface area contributed by atoms with Gasteiger partial charge >= 0.3 is 0 Å². The minimum absolute atomic E-state index is 0.387. The second-order valence-corrected chi connectivity index (χ2v) is 4.43. The molecule has 88 valence electrons. The van der Waals surface area contributed by atoms with Crippen molar-refractivity contribution in [2.75, 3.05) is 46.4 Å². The average molecular weight is 214 g/mol. The van der Waals surface area contributed by atoms with E-state index >= 15 is 0 Å². The normalized spacial score (nSPS) is 30.6. The first kappa shape index (κ1) is 11.3. The van der Waals surface area contributed by atoms with Crippen molar-refractivity contribution in [1.82, 2.24) is 10.2 Å². The number of nitrogens with zero attached hydrogens (tertiary/aromatic N) is 1. The fourth-order valence-electron chi connectivity index (χ4n) is 2.35. The van der Waals surface area contributed by atoms with Crippen LogP contribution in [0.4, 0.5) is 0 Å². The maximum absolute atomic E-state index is 5.70. The van der Waals surface area contributed by atoms with Gasteiger partial charge in [0.15, 0.2) is 0 Å². The Balaban J connectivity index is 1.67. The first-order chi connectivity index (χ1) is 7.38. The summed E-state index contributed by atoms with van der Waals surface area (Å²) in [6, 6.07) is 0. The van der Waals surface area contributed by atoms with Gasteiger partial charge in [0.1, 0.15) is 0 Å². The molecule has 2 heterocycles. The molecule has 2 aliphatic heterocycles. The van der Waals surface area contributed by atoms with Crippen molar-refractivity contribution in [3.63, 3.8) is 0 Å². The molecule has 2 saturated heterocycles. The van der Waals surface area contributed by atoms with Gasteiger partial charge in [0.05, 0.1) is 18.8 Å². The highest BCUT2D eigenvalue weighted by molar-refractivity contribution is 4.77. The molecule has 0 amide bonds. The Bertz CT molecular complexity index is 175. The number of piperidine rings is 1. The molecule has 0 aromatic rings. The largest absolute Gasteiger partial charge is 0.381 e. The molecule has 0 aliphatic carbocycles. The fourth-order valence-corrected chi connectivity index (χ4v) is 2.35. The molecule has 15 heavy (non-hydrogen) atoms. The Morgan fingerprint density at radius 1 is 1.40 bits per heavy atom. The van der Waals surface area contributed by atoms with Gasteiger partial charge in [-0.3, -0.25) is 0 Å². The Hall–Kier alpha value is -0.160. The number of ether oxygens (including phenoxy) is 2. The number of hydrogen-bond donors (Lipinski definition) is 1. The minimum atomic E-state index is 0.387. The Labute approximate surface area is 91.9 Å². The highest BCUT2D eigenvalue weighted by atomic mass is 16.5. The number of nitrogens with one attached hydrogen (secondary N) is 1. The SMILES string of the molecule is COC1CCN(CC2CNCCO2)CC1. The van der Waals surface area contributed by atoms with E-state index < -0.39 is 0 Å². The molecule has 0 spiro atoms. The summed E-state index contributed by atoms with van der Waals surface area (Å²) in [5.74, 6) is 0. The van der Waals surface area contributed by atoms with Crippen molar-refractivity contribution in [2.45, 2.75) is 25.0 Å². The molecule has 1 atom stereocenters. The molecule has 0 aromatic heterocycles. The number of methoxy groups -OCH3 is 1. The van der Waals surface area contributed by atoms with Crippen molar-refractivity contribution >= 4 is 0 Å². The molecule has 2 fully saturated rings. The van der Waals surface area contributed by atoms with Crippen LogP contribution in [-0.2, 0) is 9.47 Å². The molecule has 2 aliphatic rings. The van der Waals surface area contributed by atoms with Gasteiger partial charge in [-0.2, -0.15) is 0 Å². The highest BCUT2D eigenvalue weighted by Crippen LogP contribution is 2.13. The van der Waals surface area contributed by atoms with Crippen LogP contribution in [0, 0.1) is 0 Å². The van der Waals surface area contributed by atoms with Crippen LogP contribution in [0.2, 0.25) is 0 Å². The topological polar surface area (TPSA) is 33.7 Å². The van der Waals surface area contributed by atoms with Crippen LogP contribution < -0.4 is 5.32 Å². The van der Waals surface area contributed by atoms with Crippen molar-refractivity contribution < 1.29 is 9.47 Å². The van der Waals surface area contributed by atoms with E-state index in [1.165, 1.54) is 0 Å². The standard InChI is InChI=1S/C11H22N2O2/c1-14-10-2-5-13(6-3-10)9-11-8-12-4-7-15-11/h10-12H,2-9H2,1H3. The summed E-state index contributed by atoms with van der Waals surface area (Å²) in [7, 11) is 1.81. The van der Waals surface area contributed by atoms with Crippen LogP contribution >= 0.6 is 0 Å². The van der Waals surface area contributed by atoms with E-state index in [1.54, 1.807) is 0 Å². The van der Waals surface area contributed by atoms with Gasteiger partial charge in [-0.25, -0.2) is 0 Å². The lowest BCUT2D eigenvalue weighted by Crippen LogP contribution is -2.47. The summed E-state index contributed by atoms with van der Waals surface area (Å²) in [4.78, 5) is 2.49. The van der Waals surface area contributed by atoms with Crippen LogP contribution in [-0.4, -0.2) is 63.5 Å². The van der Waals surface area contributed by atoms with Crippen LogP contribution in [0.5, 0.6) is 0 Å². The lowest BCUT2D eigenvalue weighted by atomic mass is 10.1. The van der Waals surface area contributed by atoms with E-state index in [4.69, 9.17) is 9.47 Å². The molecule has 2 rings (SSSR count). The molecule has 0 bridgehead atoms. The summed E-state index contributed by atoms with van der Waals surface area (Å²) in [6.45, 7) is 6.24. The van der Waals surface area contributed by atoms with Gasteiger partial charge in [0.25, 0.3) is 0 Å². The number of hydrogen-bond acceptors (Lipinski definition) is 4. The first-order valence-corrected chi connectivity index (χ1v) is 5.96. The zero-order chi connectivity index (χ0) is 10.5. The van der Waals surface area contributed by atoms with Crippen molar-refractivity contribution in [3.05, 3.63) is 0 Å². The third kappa shape index (κ3) is 3.41. The van der Waals surface area contributed by atoms with Gasteiger partial charge in [-0.05, 0) is 12.8 Å². The second kappa shape index (κ2) is 5.80. The zero-order valence-electron chi connectivity index (χ0n) is 9.58. The van der Waals surface area contributed by atoms with Gasteiger partial charge in [0.2, 0.25) is 0 Å². The maximum atomic E-state index is 5.70. The van der Waals surface area contributed by atoms with Crippen LogP contribution in [0.25, 0.3) is 0 Å². The highest BCUT2D eigenvalue weighted by Gasteiger charge is 2.22. The van der Waals surface area contributed by atoms with Crippen LogP contribution in [0.1, 0.15) is 12.8 Å². The lowest BCUT2D eigenvalue weighted by Gasteiger charge is -2.34. The third-order valence-corrected chi connectivity index (χ3v) is 3.33. The van der Waals surface area contributed by atoms with E-state index in [-0.39, 0.29) is 0 Å². The van der Waals surface area contributed by atoms with E-state index in [1.807, 2.05) is 7.11 Å². The number of morpholine rings is 1. The monoisotopic (exact) mass is 214 g/mol. The number of rotatable bonds is 3. The smallest absolute Gasteiger partial charge is 0.0826 e. The van der Waals surface area contributed by atoms with Gasteiger partial charge in [0, 0.05) is 39.8 Å². The van der Waals surface area contributed by atoms with E-state index in [2.05, 4.69) is 10.2 Å². The molecular weight excluding hydrogens is 192 g/mol. The minimum Gasteiger partial charge on any atom is -0.381 e. The summed E-state index contributed by atoms with van der Waals surface area (Å²) in [5, 5.41) is 3.37. The lowest BCUT2D eigenvalue weighted by molar-refractivity contribution is -0.0143. The van der Waals surface area contributed by atoms with Crippen LogP contribution in [0.15, 0.2) is 0 Å². The molecule has 1 N–H and O–H groups in total. The third-order valence-electron chi connectivity index (χ3n) is 3.33. The average Bonchev–Trinajstić information content (AvgIpc) is 2.31. The van der Waals surface area contributed by atoms with E-state index in [0.717, 1.165) is 52.2 Å². The molecule has 4 heteroatoms. The predicted molar refractivity (Wildman–Crippen MR) is 59.1 cm³/mol. The van der Waals surface area contributed by atoms with Gasteiger partial charge < -0.3 is 19.7 Å². The fraction of sp³-hybridized carbons (Fsp3) is 1.00. The Kier molecular flexibility index (Phi) is 4.38. The molecule has 0 saturated carbocycles. The Morgan fingerprint density at radius 3 is 2.80 bits per heavy atom. The first-order valence-electron chi connectivity index (χ1n) is 5.96. The molecule has 0 aromatic carbocycles. The molecule has 1 unspecified atom stereocenters. The van der Waals surface area contributed by atoms with Crippen molar-refractivity contribution in [3.8, 4) is 0 Å². The summed E-state index contributed by atoms with van der Waals surface area (Å²) < 4.78 is 11.1. The Morgan fingerprint density at radius 2 is 2.20 bits per heavy atom. The molecular formula is C11H22N2O2. The van der Waals surface area contributed by atoms with Gasteiger partial charge in [-0.1, -0.05) is 0 Å². The van der Waals surface area contributed by atoms with E-state index in [0.29, 0.717) is 12.2 Å². The summed E-state index contributed by atoms with van der Waals surface area (Å²) >= 11 is 0. The quantitative estimate of drug-likeness (QED) is 0.722. The van der Waals surface area contributed by atoms with E-state index in [9.17, 15) is 0 Å². The van der Waals surface area contributed by atoms with Crippen molar-refractivity contribution in [1.29, 1.82) is 0 Å². The van der Waals surface area contributed by atoms with Gasteiger partial charge in [-0.15, -0.1) is 0 Å². The predicted octanol–water partition coefficient (Wildman–Crippen LogP) is 0.0856. The maximum Gasteiger partial charge on any atom is 0.0826 e.